The standard InChI is InChI=1S/C57H40N6/c1-57(2)49-36-45(55-59-51(39-22-11-5-12-23-39)58-52(60-55)40-24-13-6-14-25-40)32-33-46(49)47-30-17-31-48(50(47)57)56-62-53(43-28-15-26-41(34-43)37-18-7-3-8-19-37)61-54(63-56)44-29-16-27-42(35-44)38-20-9-4-10-21-38/h3-36H,1-2H3. The van der Waals surface area contributed by atoms with E-state index in [0.717, 1.165) is 61.2 Å². The fourth-order valence-corrected chi connectivity index (χ4v) is 8.84. The lowest BCUT2D eigenvalue weighted by Crippen LogP contribution is -2.17. The van der Waals surface area contributed by atoms with E-state index in [1.165, 1.54) is 16.7 Å². The summed E-state index contributed by atoms with van der Waals surface area (Å²) in [6, 6.07) is 71.0. The predicted molar refractivity (Wildman–Crippen MR) is 254 cm³/mol. The maximum absolute atomic E-state index is 5.31. The summed E-state index contributed by atoms with van der Waals surface area (Å²) >= 11 is 0. The Bertz CT molecular complexity index is 3140. The smallest absolute Gasteiger partial charge is 0.164 e. The molecule has 1 aliphatic carbocycles. The Morgan fingerprint density at radius 3 is 1.08 bits per heavy atom. The highest BCUT2D eigenvalue weighted by Crippen LogP contribution is 2.52. The van der Waals surface area contributed by atoms with Gasteiger partial charge in [-0.2, -0.15) is 0 Å². The first kappa shape index (κ1) is 37.8. The monoisotopic (exact) mass is 808 g/mol. The van der Waals surface area contributed by atoms with Gasteiger partial charge in [-0.05, 0) is 62.7 Å². The second-order valence-corrected chi connectivity index (χ2v) is 16.4. The van der Waals surface area contributed by atoms with Crippen LogP contribution < -0.4 is 0 Å². The van der Waals surface area contributed by atoms with E-state index in [-0.39, 0.29) is 0 Å². The van der Waals surface area contributed by atoms with Gasteiger partial charge in [0.25, 0.3) is 0 Å². The van der Waals surface area contributed by atoms with Crippen molar-refractivity contribution in [1.82, 2.24) is 29.9 Å². The highest BCUT2D eigenvalue weighted by Gasteiger charge is 2.39. The lowest BCUT2D eigenvalue weighted by atomic mass is 9.79. The fraction of sp³-hybridized carbons (Fsp3) is 0.0526. The minimum Gasteiger partial charge on any atom is -0.208 e. The molecule has 0 amide bonds. The van der Waals surface area contributed by atoms with Crippen LogP contribution in [0.15, 0.2) is 206 Å². The molecule has 0 aliphatic heterocycles. The van der Waals surface area contributed by atoms with Gasteiger partial charge in [0.15, 0.2) is 34.9 Å². The zero-order valence-electron chi connectivity index (χ0n) is 34.8. The van der Waals surface area contributed by atoms with E-state index in [2.05, 4.69) is 147 Å². The average Bonchev–Trinajstić information content (AvgIpc) is 3.60. The highest BCUT2D eigenvalue weighted by molar-refractivity contribution is 5.89. The minimum absolute atomic E-state index is 0.428. The van der Waals surface area contributed by atoms with Crippen LogP contribution in [0.5, 0.6) is 0 Å². The molecular formula is C57H40N6. The summed E-state index contributed by atoms with van der Waals surface area (Å²) in [6.07, 6.45) is 0. The summed E-state index contributed by atoms with van der Waals surface area (Å²) < 4.78 is 0. The Hall–Kier alpha value is -8.22. The fourth-order valence-electron chi connectivity index (χ4n) is 8.84. The quantitative estimate of drug-likeness (QED) is 0.152. The van der Waals surface area contributed by atoms with Gasteiger partial charge in [0.1, 0.15) is 0 Å². The van der Waals surface area contributed by atoms with E-state index in [1.807, 2.05) is 72.8 Å². The Kier molecular flexibility index (Phi) is 9.39. The molecule has 6 heteroatoms. The number of benzene rings is 8. The van der Waals surface area contributed by atoms with Gasteiger partial charge in [0, 0.05) is 38.8 Å². The van der Waals surface area contributed by atoms with Gasteiger partial charge in [-0.25, -0.2) is 29.9 Å². The lowest BCUT2D eigenvalue weighted by Gasteiger charge is -2.24. The van der Waals surface area contributed by atoms with Gasteiger partial charge >= 0.3 is 0 Å². The van der Waals surface area contributed by atoms with Crippen LogP contribution in [0.3, 0.4) is 0 Å². The molecule has 0 radical (unpaired) electrons. The molecule has 10 aromatic rings. The van der Waals surface area contributed by atoms with Crippen molar-refractivity contribution in [2.75, 3.05) is 0 Å². The van der Waals surface area contributed by atoms with Crippen LogP contribution in [-0.2, 0) is 5.41 Å². The van der Waals surface area contributed by atoms with E-state index < -0.39 is 5.41 Å². The van der Waals surface area contributed by atoms with Crippen molar-refractivity contribution in [2.24, 2.45) is 0 Å². The van der Waals surface area contributed by atoms with Crippen molar-refractivity contribution >= 4 is 0 Å². The summed E-state index contributed by atoms with van der Waals surface area (Å²) in [6.45, 7) is 4.58. The van der Waals surface area contributed by atoms with E-state index >= 15 is 0 Å². The zero-order valence-corrected chi connectivity index (χ0v) is 34.8. The van der Waals surface area contributed by atoms with Crippen molar-refractivity contribution in [2.45, 2.75) is 19.3 Å². The summed E-state index contributed by atoms with van der Waals surface area (Å²) in [5, 5.41) is 0. The number of hydrogen-bond donors (Lipinski definition) is 0. The first-order valence-corrected chi connectivity index (χ1v) is 21.2. The molecule has 0 fully saturated rings. The molecule has 63 heavy (non-hydrogen) atoms. The van der Waals surface area contributed by atoms with E-state index in [4.69, 9.17) is 29.9 Å². The van der Waals surface area contributed by atoms with Gasteiger partial charge in [-0.15, -0.1) is 0 Å². The Morgan fingerprint density at radius 2 is 0.603 bits per heavy atom. The second-order valence-electron chi connectivity index (χ2n) is 16.4. The molecule has 8 aromatic carbocycles. The third-order valence-electron chi connectivity index (χ3n) is 12.0. The molecule has 0 saturated carbocycles. The normalized spacial score (nSPS) is 12.4. The topological polar surface area (TPSA) is 77.3 Å². The maximum atomic E-state index is 5.31. The van der Waals surface area contributed by atoms with Crippen molar-refractivity contribution in [3.8, 4) is 102 Å². The average molecular weight is 809 g/mol. The highest BCUT2D eigenvalue weighted by atomic mass is 15.0. The lowest BCUT2D eigenvalue weighted by molar-refractivity contribution is 0.661. The third-order valence-corrected chi connectivity index (χ3v) is 12.0. The first-order chi connectivity index (χ1) is 31.0. The Morgan fingerprint density at radius 1 is 0.254 bits per heavy atom. The Labute approximate surface area is 366 Å². The molecule has 0 spiro atoms. The van der Waals surface area contributed by atoms with Crippen LogP contribution in [0.25, 0.3) is 102 Å². The zero-order chi connectivity index (χ0) is 42.3. The molecule has 6 nitrogen and oxygen atoms in total. The van der Waals surface area contributed by atoms with Crippen LogP contribution in [-0.4, -0.2) is 29.9 Å². The molecule has 0 saturated heterocycles. The molecular weight excluding hydrogens is 769 g/mol. The van der Waals surface area contributed by atoms with Crippen LogP contribution in [0.2, 0.25) is 0 Å². The van der Waals surface area contributed by atoms with Crippen molar-refractivity contribution in [3.05, 3.63) is 217 Å². The van der Waals surface area contributed by atoms with Crippen LogP contribution in [0.1, 0.15) is 25.0 Å². The van der Waals surface area contributed by atoms with Gasteiger partial charge in [-0.3, -0.25) is 0 Å². The SMILES string of the molecule is CC1(C)c2cc(-c3nc(-c4ccccc4)nc(-c4ccccc4)n3)ccc2-c2cccc(-c3nc(-c4cccc(-c5ccccc5)c4)nc(-c4cccc(-c5ccccc5)c4)n3)c21. The van der Waals surface area contributed by atoms with Crippen LogP contribution >= 0.6 is 0 Å². The molecule has 0 atom stereocenters. The summed E-state index contributed by atoms with van der Waals surface area (Å²) in [5.41, 5.74) is 14.3. The molecule has 0 bridgehead atoms. The maximum Gasteiger partial charge on any atom is 0.164 e. The molecule has 1 aliphatic rings. The summed E-state index contributed by atoms with van der Waals surface area (Å²) in [7, 11) is 0. The number of rotatable bonds is 8. The second kappa shape index (κ2) is 15.7. The number of nitrogens with zero attached hydrogens (tertiary/aromatic N) is 6. The van der Waals surface area contributed by atoms with Gasteiger partial charge < -0.3 is 0 Å². The van der Waals surface area contributed by atoms with E-state index in [0.29, 0.717) is 34.9 Å². The molecule has 2 aromatic heterocycles. The number of fused-ring (bicyclic) bond motifs is 3. The minimum atomic E-state index is -0.428. The molecule has 0 unspecified atom stereocenters. The summed E-state index contributed by atoms with van der Waals surface area (Å²) in [5.74, 6) is 3.75. The van der Waals surface area contributed by atoms with Crippen molar-refractivity contribution in [1.29, 1.82) is 0 Å². The van der Waals surface area contributed by atoms with E-state index in [1.54, 1.807) is 0 Å². The third kappa shape index (κ3) is 7.07. The molecule has 0 N–H and O–H groups in total. The Balaban J connectivity index is 1.05. The van der Waals surface area contributed by atoms with Crippen molar-refractivity contribution < 1.29 is 0 Å². The van der Waals surface area contributed by atoms with Gasteiger partial charge in [0.2, 0.25) is 0 Å². The largest absolute Gasteiger partial charge is 0.208 e. The summed E-state index contributed by atoms with van der Waals surface area (Å²) in [4.78, 5) is 30.9. The van der Waals surface area contributed by atoms with Crippen LogP contribution in [0, 0.1) is 0 Å². The molecule has 2 heterocycles. The van der Waals surface area contributed by atoms with E-state index in [9.17, 15) is 0 Å². The predicted octanol–water partition coefficient (Wildman–Crippen LogP) is 13.7. The molecule has 298 valence electrons. The van der Waals surface area contributed by atoms with Gasteiger partial charge in [-0.1, -0.05) is 202 Å². The molecule has 11 rings (SSSR count). The van der Waals surface area contributed by atoms with Crippen LogP contribution in [0.4, 0.5) is 0 Å². The number of hydrogen-bond acceptors (Lipinski definition) is 6. The van der Waals surface area contributed by atoms with Crippen molar-refractivity contribution in [3.63, 3.8) is 0 Å². The first-order valence-electron chi connectivity index (χ1n) is 21.2. The van der Waals surface area contributed by atoms with Gasteiger partial charge in [0.05, 0.1) is 0 Å². The number of aromatic nitrogens is 6.